The van der Waals surface area contributed by atoms with Crippen LogP contribution in [0.5, 0.6) is 0 Å². The van der Waals surface area contributed by atoms with Crippen LogP contribution in [0.2, 0.25) is 0 Å². The van der Waals surface area contributed by atoms with E-state index in [0.29, 0.717) is 6.04 Å². The van der Waals surface area contributed by atoms with E-state index in [0.717, 1.165) is 30.5 Å². The van der Waals surface area contributed by atoms with Crippen LogP contribution in [0.15, 0.2) is 18.3 Å². The van der Waals surface area contributed by atoms with Gasteiger partial charge in [-0.15, -0.1) is 0 Å². The lowest BCUT2D eigenvalue weighted by molar-refractivity contribution is 0.539. The third kappa shape index (κ3) is 3.62. The van der Waals surface area contributed by atoms with Crippen molar-refractivity contribution in [2.24, 2.45) is 5.92 Å². The van der Waals surface area contributed by atoms with Crippen molar-refractivity contribution in [2.75, 3.05) is 23.3 Å². The van der Waals surface area contributed by atoms with Crippen LogP contribution in [-0.4, -0.2) is 24.1 Å². The summed E-state index contributed by atoms with van der Waals surface area (Å²) in [5.41, 5.74) is 1.13. The zero-order chi connectivity index (χ0) is 13.0. The number of hydrogen-bond acceptors (Lipinski definition) is 3. The number of hydrogen-bond donors (Lipinski definition) is 1. The van der Waals surface area contributed by atoms with Crippen LogP contribution in [-0.2, 0) is 0 Å². The molecule has 100 valence electrons. The summed E-state index contributed by atoms with van der Waals surface area (Å²) < 4.78 is 0. The molecule has 1 aromatic rings. The summed E-state index contributed by atoms with van der Waals surface area (Å²) in [6, 6.07) is 4.79. The molecule has 1 aliphatic rings. The minimum atomic E-state index is 0.504. The Balaban J connectivity index is 1.90. The molecule has 0 saturated carbocycles. The quantitative estimate of drug-likeness (QED) is 0.862. The lowest BCUT2D eigenvalue weighted by atomic mass is 10.1. The smallest absolute Gasteiger partial charge is 0.128 e. The van der Waals surface area contributed by atoms with Crippen molar-refractivity contribution in [3.05, 3.63) is 18.3 Å². The molecule has 0 radical (unpaired) electrons. The van der Waals surface area contributed by atoms with Gasteiger partial charge in [0.25, 0.3) is 0 Å². The zero-order valence-electron chi connectivity index (χ0n) is 11.8. The summed E-state index contributed by atoms with van der Waals surface area (Å²) in [5, 5.41) is 3.51. The highest BCUT2D eigenvalue weighted by molar-refractivity contribution is 5.49. The van der Waals surface area contributed by atoms with Crippen molar-refractivity contribution in [3.8, 4) is 0 Å². The highest BCUT2D eigenvalue weighted by Crippen LogP contribution is 2.20. The molecule has 1 unspecified atom stereocenters. The molecule has 3 heteroatoms. The Labute approximate surface area is 111 Å². The van der Waals surface area contributed by atoms with Gasteiger partial charge < -0.3 is 10.2 Å². The molecule has 1 fully saturated rings. The Hall–Kier alpha value is -1.25. The summed E-state index contributed by atoms with van der Waals surface area (Å²) in [6.45, 7) is 9.06. The molecule has 0 aliphatic carbocycles. The number of rotatable bonds is 5. The highest BCUT2D eigenvalue weighted by Gasteiger charge is 2.13. The second-order valence-electron chi connectivity index (χ2n) is 5.77. The van der Waals surface area contributed by atoms with E-state index < -0.39 is 0 Å². The molecule has 2 heterocycles. The van der Waals surface area contributed by atoms with E-state index in [2.05, 4.69) is 48.1 Å². The number of nitrogens with zero attached hydrogens (tertiary/aromatic N) is 2. The van der Waals surface area contributed by atoms with Crippen LogP contribution < -0.4 is 10.2 Å². The molecule has 3 nitrogen and oxygen atoms in total. The molecule has 1 N–H and O–H groups in total. The van der Waals surface area contributed by atoms with Gasteiger partial charge >= 0.3 is 0 Å². The fraction of sp³-hybridized carbons (Fsp3) is 0.667. The van der Waals surface area contributed by atoms with E-state index in [9.17, 15) is 0 Å². The molecule has 0 amide bonds. The highest BCUT2D eigenvalue weighted by atomic mass is 15.2. The van der Waals surface area contributed by atoms with Gasteiger partial charge in [0.15, 0.2) is 0 Å². The molecule has 1 aliphatic heterocycles. The maximum absolute atomic E-state index is 4.56. The molecule has 2 rings (SSSR count). The molecular formula is C15H25N3. The Kier molecular flexibility index (Phi) is 4.45. The van der Waals surface area contributed by atoms with Gasteiger partial charge in [0.1, 0.15) is 5.82 Å². The van der Waals surface area contributed by atoms with Crippen LogP contribution >= 0.6 is 0 Å². The van der Waals surface area contributed by atoms with Crippen LogP contribution in [0, 0.1) is 5.92 Å². The van der Waals surface area contributed by atoms with Gasteiger partial charge in [-0.05, 0) is 44.2 Å². The van der Waals surface area contributed by atoms with Crippen molar-refractivity contribution >= 4 is 11.5 Å². The van der Waals surface area contributed by atoms with Crippen molar-refractivity contribution < 1.29 is 0 Å². The summed E-state index contributed by atoms with van der Waals surface area (Å²) in [4.78, 5) is 6.92. The average Bonchev–Trinajstić information content (AvgIpc) is 2.82. The van der Waals surface area contributed by atoms with Gasteiger partial charge in [-0.2, -0.15) is 0 Å². The monoisotopic (exact) mass is 247 g/mol. The summed E-state index contributed by atoms with van der Waals surface area (Å²) >= 11 is 0. The topological polar surface area (TPSA) is 28.2 Å². The predicted octanol–water partition coefficient (Wildman–Crippen LogP) is 3.53. The molecule has 0 bridgehead atoms. The van der Waals surface area contributed by atoms with Crippen LogP contribution in [0.25, 0.3) is 0 Å². The first kappa shape index (κ1) is 13.2. The third-order valence-corrected chi connectivity index (χ3v) is 3.42. The fourth-order valence-electron chi connectivity index (χ4n) is 2.66. The van der Waals surface area contributed by atoms with E-state index in [-0.39, 0.29) is 0 Å². The SMILES string of the molecule is CC(C)CC(C)Nc1ccc(N2CCCC2)nc1. The number of aromatic nitrogens is 1. The van der Waals surface area contributed by atoms with E-state index >= 15 is 0 Å². The molecule has 0 spiro atoms. The summed E-state index contributed by atoms with van der Waals surface area (Å²) in [6.07, 6.45) is 5.75. The van der Waals surface area contributed by atoms with Gasteiger partial charge in [-0.3, -0.25) is 0 Å². The van der Waals surface area contributed by atoms with Crippen molar-refractivity contribution in [2.45, 2.75) is 46.1 Å². The first-order valence-electron chi connectivity index (χ1n) is 7.12. The average molecular weight is 247 g/mol. The van der Waals surface area contributed by atoms with E-state index in [1.165, 1.54) is 19.3 Å². The lowest BCUT2D eigenvalue weighted by Crippen LogP contribution is -2.20. The molecule has 18 heavy (non-hydrogen) atoms. The van der Waals surface area contributed by atoms with Gasteiger partial charge in [0.2, 0.25) is 0 Å². The summed E-state index contributed by atoms with van der Waals surface area (Å²) in [7, 11) is 0. The second kappa shape index (κ2) is 6.07. The van der Waals surface area contributed by atoms with Crippen LogP contribution in [0.1, 0.15) is 40.0 Å². The number of nitrogens with one attached hydrogen (secondary N) is 1. The van der Waals surface area contributed by atoms with Crippen LogP contribution in [0.4, 0.5) is 11.5 Å². The van der Waals surface area contributed by atoms with Gasteiger partial charge in [-0.25, -0.2) is 4.98 Å². The maximum Gasteiger partial charge on any atom is 0.128 e. The maximum atomic E-state index is 4.56. The van der Waals surface area contributed by atoms with E-state index in [1.807, 2.05) is 6.20 Å². The third-order valence-electron chi connectivity index (χ3n) is 3.42. The normalized spacial score (nSPS) is 17.2. The van der Waals surface area contributed by atoms with Crippen molar-refractivity contribution in [1.82, 2.24) is 4.98 Å². The Morgan fingerprint density at radius 2 is 1.94 bits per heavy atom. The number of pyridine rings is 1. The Bertz CT molecular complexity index is 353. The lowest BCUT2D eigenvalue weighted by Gasteiger charge is -2.19. The first-order chi connectivity index (χ1) is 8.65. The molecule has 1 atom stereocenters. The Morgan fingerprint density at radius 1 is 1.22 bits per heavy atom. The molecular weight excluding hydrogens is 222 g/mol. The Morgan fingerprint density at radius 3 is 2.50 bits per heavy atom. The molecule has 0 aromatic carbocycles. The van der Waals surface area contributed by atoms with E-state index in [1.54, 1.807) is 0 Å². The second-order valence-corrected chi connectivity index (χ2v) is 5.77. The summed E-state index contributed by atoms with van der Waals surface area (Å²) in [5.74, 6) is 1.85. The molecule has 1 aromatic heterocycles. The standard InChI is InChI=1S/C15H25N3/c1-12(2)10-13(3)17-14-6-7-15(16-11-14)18-8-4-5-9-18/h6-7,11-13,17H,4-5,8-10H2,1-3H3. The minimum Gasteiger partial charge on any atom is -0.381 e. The predicted molar refractivity (Wildman–Crippen MR) is 78.2 cm³/mol. The largest absolute Gasteiger partial charge is 0.381 e. The first-order valence-corrected chi connectivity index (χ1v) is 7.12. The van der Waals surface area contributed by atoms with Crippen molar-refractivity contribution in [3.63, 3.8) is 0 Å². The molecule has 1 saturated heterocycles. The van der Waals surface area contributed by atoms with Gasteiger partial charge in [-0.1, -0.05) is 13.8 Å². The number of anilines is 2. The van der Waals surface area contributed by atoms with Crippen molar-refractivity contribution in [1.29, 1.82) is 0 Å². The minimum absolute atomic E-state index is 0.504. The van der Waals surface area contributed by atoms with Crippen LogP contribution in [0.3, 0.4) is 0 Å². The fourth-order valence-corrected chi connectivity index (χ4v) is 2.66. The zero-order valence-corrected chi connectivity index (χ0v) is 11.8. The van der Waals surface area contributed by atoms with Gasteiger partial charge in [0, 0.05) is 19.1 Å². The van der Waals surface area contributed by atoms with Gasteiger partial charge in [0.05, 0.1) is 11.9 Å². The van der Waals surface area contributed by atoms with E-state index in [4.69, 9.17) is 0 Å².